The van der Waals surface area contributed by atoms with E-state index in [4.69, 9.17) is 11.6 Å². The molecule has 0 N–H and O–H groups in total. The van der Waals surface area contributed by atoms with Gasteiger partial charge in [-0.05, 0) is 24.8 Å². The van der Waals surface area contributed by atoms with Gasteiger partial charge in [-0.15, -0.1) is 22.7 Å². The highest BCUT2D eigenvalue weighted by atomic mass is 35.5. The number of hydrogen-bond acceptors (Lipinski definition) is 4. The van der Waals surface area contributed by atoms with Crippen LogP contribution in [-0.4, -0.2) is 10.8 Å². The fraction of sp³-hybridized carbons (Fsp3) is 0.273. The van der Waals surface area contributed by atoms with Crippen LogP contribution < -0.4 is 0 Å². The van der Waals surface area contributed by atoms with Crippen LogP contribution in [0.1, 0.15) is 25.9 Å². The molecule has 0 bridgehead atoms. The van der Waals surface area contributed by atoms with Crippen molar-refractivity contribution in [2.45, 2.75) is 20.3 Å². The number of rotatable bonds is 3. The van der Waals surface area contributed by atoms with Gasteiger partial charge >= 0.3 is 0 Å². The SMILES string of the molecule is Cc1nc(CC(=O)c2scc(C)c2Cl)cs1. The summed E-state index contributed by atoms with van der Waals surface area (Å²) in [4.78, 5) is 16.9. The third kappa shape index (κ3) is 2.34. The van der Waals surface area contributed by atoms with E-state index in [9.17, 15) is 4.79 Å². The monoisotopic (exact) mass is 271 g/mol. The van der Waals surface area contributed by atoms with Crippen molar-refractivity contribution in [2.75, 3.05) is 0 Å². The molecule has 84 valence electrons. The molecule has 2 heterocycles. The van der Waals surface area contributed by atoms with Crippen molar-refractivity contribution in [2.24, 2.45) is 0 Å². The topological polar surface area (TPSA) is 30.0 Å². The first-order chi connectivity index (χ1) is 7.58. The Morgan fingerprint density at radius 3 is 2.62 bits per heavy atom. The highest BCUT2D eigenvalue weighted by Crippen LogP contribution is 2.28. The molecule has 0 amide bonds. The summed E-state index contributed by atoms with van der Waals surface area (Å²) in [6, 6.07) is 0. The smallest absolute Gasteiger partial charge is 0.180 e. The quantitative estimate of drug-likeness (QED) is 0.793. The predicted octanol–water partition coefficient (Wildman–Crippen LogP) is 3.90. The number of carbonyl (C=O) groups excluding carboxylic acids is 1. The first kappa shape index (κ1) is 11.8. The van der Waals surface area contributed by atoms with Crippen molar-refractivity contribution in [3.05, 3.63) is 36.9 Å². The van der Waals surface area contributed by atoms with Gasteiger partial charge in [0.05, 0.1) is 27.0 Å². The second kappa shape index (κ2) is 4.65. The molecule has 2 rings (SSSR count). The van der Waals surface area contributed by atoms with Crippen molar-refractivity contribution in [1.82, 2.24) is 4.98 Å². The highest BCUT2D eigenvalue weighted by molar-refractivity contribution is 7.13. The third-order valence-electron chi connectivity index (χ3n) is 2.16. The van der Waals surface area contributed by atoms with E-state index in [2.05, 4.69) is 4.98 Å². The molecule has 0 aromatic carbocycles. The summed E-state index contributed by atoms with van der Waals surface area (Å²) < 4.78 is 0. The number of carbonyl (C=O) groups is 1. The van der Waals surface area contributed by atoms with Gasteiger partial charge in [0.1, 0.15) is 0 Å². The van der Waals surface area contributed by atoms with Crippen LogP contribution in [0, 0.1) is 13.8 Å². The first-order valence-corrected chi connectivity index (χ1v) is 6.89. The van der Waals surface area contributed by atoms with Gasteiger partial charge in [-0.1, -0.05) is 11.6 Å². The minimum Gasteiger partial charge on any atom is -0.293 e. The molecule has 0 saturated heterocycles. The summed E-state index contributed by atoms with van der Waals surface area (Å²) in [7, 11) is 0. The lowest BCUT2D eigenvalue weighted by atomic mass is 10.2. The van der Waals surface area contributed by atoms with Crippen molar-refractivity contribution < 1.29 is 4.79 Å². The molecule has 0 spiro atoms. The number of ketones is 1. The largest absolute Gasteiger partial charge is 0.293 e. The zero-order chi connectivity index (χ0) is 11.7. The predicted molar refractivity (Wildman–Crippen MR) is 69.0 cm³/mol. The van der Waals surface area contributed by atoms with E-state index >= 15 is 0 Å². The van der Waals surface area contributed by atoms with E-state index in [1.54, 1.807) is 11.3 Å². The molecule has 5 heteroatoms. The molecule has 0 unspecified atom stereocenters. The number of nitrogens with zero attached hydrogens (tertiary/aromatic N) is 1. The fourth-order valence-corrected chi connectivity index (χ4v) is 3.20. The lowest BCUT2D eigenvalue weighted by Crippen LogP contribution is -2.02. The number of thiazole rings is 1. The van der Waals surface area contributed by atoms with Crippen LogP contribution in [0.4, 0.5) is 0 Å². The summed E-state index contributed by atoms with van der Waals surface area (Å²) in [5.41, 5.74) is 1.79. The zero-order valence-corrected chi connectivity index (χ0v) is 11.3. The van der Waals surface area contributed by atoms with E-state index in [1.807, 2.05) is 24.6 Å². The number of aromatic nitrogens is 1. The highest BCUT2D eigenvalue weighted by Gasteiger charge is 2.15. The van der Waals surface area contributed by atoms with Crippen LogP contribution in [0.2, 0.25) is 5.02 Å². The second-order valence-electron chi connectivity index (χ2n) is 3.52. The Hall–Kier alpha value is -0.710. The van der Waals surface area contributed by atoms with Gasteiger partial charge in [0, 0.05) is 5.38 Å². The van der Waals surface area contributed by atoms with Crippen LogP contribution in [-0.2, 0) is 6.42 Å². The molecule has 0 aliphatic heterocycles. The number of halogens is 1. The Kier molecular flexibility index (Phi) is 3.42. The van der Waals surface area contributed by atoms with Crippen molar-refractivity contribution in [1.29, 1.82) is 0 Å². The number of aryl methyl sites for hydroxylation is 2. The molecule has 2 nitrogen and oxygen atoms in total. The molecule has 0 fully saturated rings. The Balaban J connectivity index is 2.18. The van der Waals surface area contributed by atoms with E-state index < -0.39 is 0 Å². The Morgan fingerprint density at radius 1 is 1.38 bits per heavy atom. The summed E-state index contributed by atoms with van der Waals surface area (Å²) >= 11 is 9.01. The molecule has 0 aliphatic carbocycles. The maximum atomic E-state index is 11.9. The molecule has 0 aliphatic rings. The van der Waals surface area contributed by atoms with Gasteiger partial charge in [0.25, 0.3) is 0 Å². The van der Waals surface area contributed by atoms with Gasteiger partial charge in [-0.3, -0.25) is 4.79 Å². The maximum absolute atomic E-state index is 11.9. The summed E-state index contributed by atoms with van der Waals surface area (Å²) in [5.74, 6) is 0.0494. The minimum absolute atomic E-state index is 0.0494. The molecule has 0 radical (unpaired) electrons. The number of Topliss-reactive ketones (excluding diaryl/α,β-unsaturated/α-hetero) is 1. The van der Waals surface area contributed by atoms with Crippen LogP contribution >= 0.6 is 34.3 Å². The fourth-order valence-electron chi connectivity index (χ4n) is 1.35. The molecular formula is C11H10ClNOS2. The van der Waals surface area contributed by atoms with Gasteiger partial charge in [-0.25, -0.2) is 4.98 Å². The van der Waals surface area contributed by atoms with Gasteiger partial charge in [-0.2, -0.15) is 0 Å². The molecule has 0 atom stereocenters. The Labute approximate surface area is 107 Å². The van der Waals surface area contributed by atoms with Crippen molar-refractivity contribution >= 4 is 40.1 Å². The average Bonchev–Trinajstić information content (AvgIpc) is 2.76. The lowest BCUT2D eigenvalue weighted by Gasteiger charge is -1.96. The van der Waals surface area contributed by atoms with Gasteiger partial charge < -0.3 is 0 Å². The number of hydrogen-bond donors (Lipinski definition) is 0. The molecule has 2 aromatic heterocycles. The minimum atomic E-state index is 0.0494. The molecule has 16 heavy (non-hydrogen) atoms. The standard InChI is InChI=1S/C11H10ClNOS2/c1-6-4-16-11(10(6)12)9(14)3-8-5-15-7(2)13-8/h4-5H,3H2,1-2H3. The normalized spacial score (nSPS) is 10.7. The lowest BCUT2D eigenvalue weighted by molar-refractivity contribution is 0.0996. The Bertz CT molecular complexity index is 530. The van der Waals surface area contributed by atoms with Gasteiger partial charge in [0.2, 0.25) is 0 Å². The van der Waals surface area contributed by atoms with Crippen molar-refractivity contribution in [3.8, 4) is 0 Å². The second-order valence-corrected chi connectivity index (χ2v) is 5.84. The number of thiophene rings is 1. The summed E-state index contributed by atoms with van der Waals surface area (Å²) in [5, 5.41) is 5.39. The van der Waals surface area contributed by atoms with Gasteiger partial charge in [0.15, 0.2) is 5.78 Å². The average molecular weight is 272 g/mol. The van der Waals surface area contributed by atoms with Crippen LogP contribution in [0.5, 0.6) is 0 Å². The molecule has 0 saturated carbocycles. The van der Waals surface area contributed by atoms with Crippen LogP contribution in [0.25, 0.3) is 0 Å². The van der Waals surface area contributed by atoms with E-state index in [0.29, 0.717) is 16.3 Å². The zero-order valence-electron chi connectivity index (χ0n) is 8.91. The summed E-state index contributed by atoms with van der Waals surface area (Å²) in [6.45, 7) is 3.84. The maximum Gasteiger partial charge on any atom is 0.180 e. The molecule has 2 aromatic rings. The van der Waals surface area contributed by atoms with E-state index in [0.717, 1.165) is 16.3 Å². The first-order valence-electron chi connectivity index (χ1n) is 4.75. The Morgan fingerprint density at radius 2 is 2.12 bits per heavy atom. The summed E-state index contributed by atoms with van der Waals surface area (Å²) in [6.07, 6.45) is 0.337. The third-order valence-corrected chi connectivity index (χ3v) is 4.72. The molecular weight excluding hydrogens is 262 g/mol. The van der Waals surface area contributed by atoms with E-state index in [1.165, 1.54) is 11.3 Å². The van der Waals surface area contributed by atoms with Crippen LogP contribution in [0.3, 0.4) is 0 Å². The van der Waals surface area contributed by atoms with Crippen LogP contribution in [0.15, 0.2) is 10.8 Å². The van der Waals surface area contributed by atoms with E-state index in [-0.39, 0.29) is 5.78 Å². The van der Waals surface area contributed by atoms with Crippen molar-refractivity contribution in [3.63, 3.8) is 0 Å².